The summed E-state index contributed by atoms with van der Waals surface area (Å²) in [5.74, 6) is 0.714. The molecule has 0 aliphatic carbocycles. The van der Waals surface area contributed by atoms with Crippen LogP contribution in [0.4, 0.5) is 0 Å². The molecule has 0 saturated carbocycles. The van der Waals surface area contributed by atoms with E-state index in [4.69, 9.17) is 11.6 Å². The summed E-state index contributed by atoms with van der Waals surface area (Å²) in [7, 11) is 2.11. The van der Waals surface area contributed by atoms with Gasteiger partial charge < -0.3 is 4.90 Å². The number of hydrogen-bond acceptors (Lipinski definition) is 1. The molecule has 84 valence electrons. The third-order valence-electron chi connectivity index (χ3n) is 2.68. The molecule has 0 spiro atoms. The lowest BCUT2D eigenvalue weighted by molar-refractivity contribution is 0.359. The minimum Gasteiger partial charge on any atom is -0.305 e. The number of benzene rings is 1. The fourth-order valence-corrected chi connectivity index (χ4v) is 1.81. The van der Waals surface area contributed by atoms with E-state index in [1.54, 1.807) is 0 Å². The zero-order chi connectivity index (χ0) is 11.1. The van der Waals surface area contributed by atoms with Gasteiger partial charge in [0.15, 0.2) is 0 Å². The summed E-state index contributed by atoms with van der Waals surface area (Å²) in [5.41, 5.74) is 2.82. The maximum atomic E-state index is 5.68. The zero-order valence-electron chi connectivity index (χ0n) is 9.67. The predicted octanol–water partition coefficient (Wildman–Crippen LogP) is 2.96. The number of rotatable bonds is 6. The van der Waals surface area contributed by atoms with Gasteiger partial charge in [0.1, 0.15) is 0 Å². The second-order valence-electron chi connectivity index (χ2n) is 3.91. The van der Waals surface area contributed by atoms with Gasteiger partial charge in [-0.25, -0.2) is 0 Å². The molecule has 0 aliphatic rings. The van der Waals surface area contributed by atoms with Crippen molar-refractivity contribution in [3.8, 4) is 0 Å². The van der Waals surface area contributed by atoms with Crippen molar-refractivity contribution in [2.24, 2.45) is 0 Å². The normalized spacial score (nSPS) is 10.9. The molecule has 15 heavy (non-hydrogen) atoms. The van der Waals surface area contributed by atoms with Gasteiger partial charge in [-0.3, -0.25) is 0 Å². The number of halogens is 1. The lowest BCUT2D eigenvalue weighted by atomic mass is 10.1. The highest BCUT2D eigenvalue weighted by atomic mass is 35.5. The van der Waals surface area contributed by atoms with Crippen molar-refractivity contribution in [1.29, 1.82) is 0 Å². The van der Waals surface area contributed by atoms with Gasteiger partial charge in [-0.15, -0.1) is 11.6 Å². The first-order valence-electron chi connectivity index (χ1n) is 5.58. The van der Waals surface area contributed by atoms with E-state index in [-0.39, 0.29) is 0 Å². The molecular formula is C13H20ClN. The summed E-state index contributed by atoms with van der Waals surface area (Å²) in [4.78, 5) is 2.26. The lowest BCUT2D eigenvalue weighted by Crippen LogP contribution is -2.23. The molecular weight excluding hydrogens is 206 g/mol. The Morgan fingerprint density at radius 3 is 2.20 bits per heavy atom. The van der Waals surface area contributed by atoms with Crippen LogP contribution in [0.1, 0.15) is 18.1 Å². The van der Waals surface area contributed by atoms with Crippen molar-refractivity contribution in [2.75, 3.05) is 26.0 Å². The van der Waals surface area contributed by atoms with E-state index in [0.29, 0.717) is 5.88 Å². The molecule has 0 aliphatic heterocycles. The van der Waals surface area contributed by atoms with E-state index in [9.17, 15) is 0 Å². The Labute approximate surface area is 98.0 Å². The molecule has 1 nitrogen and oxygen atoms in total. The van der Waals surface area contributed by atoms with Crippen LogP contribution in [0.25, 0.3) is 0 Å². The molecule has 0 saturated heterocycles. The summed E-state index contributed by atoms with van der Waals surface area (Å²) >= 11 is 5.68. The van der Waals surface area contributed by atoms with Gasteiger partial charge in [0, 0.05) is 19.0 Å². The number of hydrogen-bond donors (Lipinski definition) is 0. The molecule has 0 radical (unpaired) electrons. The molecule has 0 unspecified atom stereocenters. The number of nitrogens with zero attached hydrogens (tertiary/aromatic N) is 1. The quantitative estimate of drug-likeness (QED) is 0.673. The van der Waals surface area contributed by atoms with Crippen LogP contribution >= 0.6 is 11.6 Å². The van der Waals surface area contributed by atoms with Gasteiger partial charge in [0.2, 0.25) is 0 Å². The minimum atomic E-state index is 0.714. The topological polar surface area (TPSA) is 3.24 Å². The van der Waals surface area contributed by atoms with Crippen LogP contribution in [0.2, 0.25) is 0 Å². The largest absolute Gasteiger partial charge is 0.305 e. The average molecular weight is 226 g/mol. The van der Waals surface area contributed by atoms with Crippen molar-refractivity contribution in [3.63, 3.8) is 0 Å². The van der Waals surface area contributed by atoms with Crippen molar-refractivity contribution < 1.29 is 0 Å². The van der Waals surface area contributed by atoms with Crippen molar-refractivity contribution in [2.45, 2.75) is 19.8 Å². The van der Waals surface area contributed by atoms with Gasteiger partial charge in [0.25, 0.3) is 0 Å². The molecule has 0 aromatic heterocycles. The molecule has 2 heteroatoms. The molecule has 0 N–H and O–H groups in total. The summed E-state index contributed by atoms with van der Waals surface area (Å²) in [6.45, 7) is 4.23. The van der Waals surface area contributed by atoms with Crippen LogP contribution in [-0.4, -0.2) is 30.9 Å². The van der Waals surface area contributed by atoms with E-state index < -0.39 is 0 Å². The summed E-state index contributed by atoms with van der Waals surface area (Å²) in [6.07, 6.45) is 2.23. The number of aryl methyl sites for hydroxylation is 1. The summed E-state index contributed by atoms with van der Waals surface area (Å²) < 4.78 is 0. The van der Waals surface area contributed by atoms with Gasteiger partial charge >= 0.3 is 0 Å². The van der Waals surface area contributed by atoms with Crippen molar-refractivity contribution in [3.05, 3.63) is 35.4 Å². The Hall–Kier alpha value is -0.530. The van der Waals surface area contributed by atoms with E-state index in [1.165, 1.54) is 11.1 Å². The minimum absolute atomic E-state index is 0.714. The Kier molecular flexibility index (Phi) is 5.74. The predicted molar refractivity (Wildman–Crippen MR) is 67.7 cm³/mol. The molecule has 1 aromatic rings. The lowest BCUT2D eigenvalue weighted by Gasteiger charge is -2.14. The first-order valence-corrected chi connectivity index (χ1v) is 6.12. The van der Waals surface area contributed by atoms with Crippen LogP contribution < -0.4 is 0 Å². The van der Waals surface area contributed by atoms with Crippen molar-refractivity contribution in [1.82, 2.24) is 4.90 Å². The molecule has 0 bridgehead atoms. The van der Waals surface area contributed by atoms with Gasteiger partial charge in [-0.1, -0.05) is 31.2 Å². The van der Waals surface area contributed by atoms with Crippen LogP contribution in [0.5, 0.6) is 0 Å². The second-order valence-corrected chi connectivity index (χ2v) is 4.29. The fourth-order valence-electron chi connectivity index (χ4n) is 1.52. The number of likely N-dealkylation sites (N-methyl/N-ethyl adjacent to an activating group) is 1. The first kappa shape index (κ1) is 12.5. The highest BCUT2D eigenvalue weighted by molar-refractivity contribution is 6.18. The average Bonchev–Trinajstić information content (AvgIpc) is 2.27. The fraction of sp³-hybridized carbons (Fsp3) is 0.538. The van der Waals surface area contributed by atoms with E-state index in [0.717, 1.165) is 25.9 Å². The van der Waals surface area contributed by atoms with E-state index >= 15 is 0 Å². The standard InChI is InChI=1S/C13H20ClN/c1-3-12-4-6-13(7-5-12)8-10-15(2)11-9-14/h4-7H,3,8-11H2,1-2H3. The SMILES string of the molecule is CCc1ccc(CCN(C)CCCl)cc1. The van der Waals surface area contributed by atoms with Crippen LogP contribution in [0.3, 0.4) is 0 Å². The van der Waals surface area contributed by atoms with Crippen molar-refractivity contribution >= 4 is 11.6 Å². The maximum Gasteiger partial charge on any atom is 0.0351 e. The third kappa shape index (κ3) is 4.67. The van der Waals surface area contributed by atoms with Gasteiger partial charge in [-0.2, -0.15) is 0 Å². The summed E-state index contributed by atoms with van der Waals surface area (Å²) in [6, 6.07) is 8.90. The Bertz CT molecular complexity index is 268. The van der Waals surface area contributed by atoms with Crippen LogP contribution in [0, 0.1) is 0 Å². The third-order valence-corrected chi connectivity index (χ3v) is 2.85. The van der Waals surface area contributed by atoms with Crippen LogP contribution in [0.15, 0.2) is 24.3 Å². The molecule has 0 atom stereocenters. The van der Waals surface area contributed by atoms with Crippen LogP contribution in [-0.2, 0) is 12.8 Å². The molecule has 1 aromatic carbocycles. The highest BCUT2D eigenvalue weighted by Crippen LogP contribution is 2.06. The first-order chi connectivity index (χ1) is 7.26. The monoisotopic (exact) mass is 225 g/mol. The highest BCUT2D eigenvalue weighted by Gasteiger charge is 1.98. The molecule has 0 fully saturated rings. The van der Waals surface area contributed by atoms with Gasteiger partial charge in [-0.05, 0) is 31.0 Å². The summed E-state index contributed by atoms with van der Waals surface area (Å²) in [5, 5.41) is 0. The van der Waals surface area contributed by atoms with Gasteiger partial charge in [0.05, 0.1) is 0 Å². The Balaban J connectivity index is 2.37. The maximum absolute atomic E-state index is 5.68. The molecule has 1 rings (SSSR count). The van der Waals surface area contributed by atoms with E-state index in [2.05, 4.69) is 43.1 Å². The van der Waals surface area contributed by atoms with E-state index in [1.807, 2.05) is 0 Å². The Morgan fingerprint density at radius 1 is 1.07 bits per heavy atom. The number of alkyl halides is 1. The smallest absolute Gasteiger partial charge is 0.0351 e. The molecule has 0 heterocycles. The zero-order valence-corrected chi connectivity index (χ0v) is 10.4. The Morgan fingerprint density at radius 2 is 1.67 bits per heavy atom. The second kappa shape index (κ2) is 6.86. The molecule has 0 amide bonds.